The minimum absolute atomic E-state index is 0.0622. The number of hydrogen-bond donors (Lipinski definition) is 1. The molecule has 0 saturated carbocycles. The molecular formula is C23H26O3. The van der Waals surface area contributed by atoms with Gasteiger partial charge in [0, 0.05) is 30.6 Å². The Kier molecular flexibility index (Phi) is 7.92. The number of carbonyl (C=O) groups is 1. The molecule has 0 bridgehead atoms. The third-order valence-electron chi connectivity index (χ3n) is 4.02. The van der Waals surface area contributed by atoms with E-state index >= 15 is 0 Å². The average molecular weight is 350 g/mol. The third-order valence-corrected chi connectivity index (χ3v) is 4.02. The van der Waals surface area contributed by atoms with Gasteiger partial charge in [-0.1, -0.05) is 30.9 Å². The number of carbonyl (C=O) groups excluding carboxylic acids is 1. The highest BCUT2D eigenvalue weighted by Gasteiger charge is 2.09. The normalized spacial score (nSPS) is 11.3. The molecule has 0 aliphatic rings. The van der Waals surface area contributed by atoms with Crippen LogP contribution in [0.25, 0.3) is 0 Å². The molecule has 0 aromatic heterocycles. The van der Waals surface area contributed by atoms with Crippen LogP contribution in [0.5, 0.6) is 5.75 Å². The van der Waals surface area contributed by atoms with Gasteiger partial charge in [0.25, 0.3) is 0 Å². The number of hydrogen-bond acceptors (Lipinski definition) is 3. The number of ketones is 1. The van der Waals surface area contributed by atoms with Gasteiger partial charge in [-0.3, -0.25) is 4.79 Å². The summed E-state index contributed by atoms with van der Waals surface area (Å²) in [5.41, 5.74) is 3.11. The summed E-state index contributed by atoms with van der Waals surface area (Å²) in [6, 6.07) is 15.9. The molecule has 0 aliphatic heterocycles. The van der Waals surface area contributed by atoms with Gasteiger partial charge < -0.3 is 9.84 Å². The van der Waals surface area contributed by atoms with Gasteiger partial charge in [-0.15, -0.1) is 0 Å². The van der Waals surface area contributed by atoms with Crippen LogP contribution in [0.4, 0.5) is 0 Å². The molecule has 2 aromatic carbocycles. The standard InChI is InChI=1S/C23H26O3/c1-3-26-23-12-10-20(11-13-23)5-4-19-6-8-21(9-7-19)16-18(2)17-22(25)14-15-24/h6-13,18,24H,3,14-17H2,1-2H3. The van der Waals surface area contributed by atoms with Gasteiger partial charge in [0.1, 0.15) is 11.5 Å². The quantitative estimate of drug-likeness (QED) is 0.732. The van der Waals surface area contributed by atoms with E-state index in [-0.39, 0.29) is 24.7 Å². The molecule has 0 fully saturated rings. The van der Waals surface area contributed by atoms with Gasteiger partial charge in [0.2, 0.25) is 0 Å². The summed E-state index contributed by atoms with van der Waals surface area (Å²) in [7, 11) is 0. The Labute approximate surface area is 156 Å². The van der Waals surface area contributed by atoms with E-state index in [1.54, 1.807) is 0 Å². The maximum atomic E-state index is 11.6. The van der Waals surface area contributed by atoms with Crippen molar-refractivity contribution in [3.8, 4) is 17.6 Å². The zero-order chi connectivity index (χ0) is 18.8. The molecule has 3 heteroatoms. The first kappa shape index (κ1) is 19.8. The Hall–Kier alpha value is -2.57. The van der Waals surface area contributed by atoms with E-state index < -0.39 is 0 Å². The lowest BCUT2D eigenvalue weighted by atomic mass is 9.95. The highest BCUT2D eigenvalue weighted by atomic mass is 16.5. The summed E-state index contributed by atoms with van der Waals surface area (Å²) in [4.78, 5) is 11.6. The summed E-state index contributed by atoms with van der Waals surface area (Å²) >= 11 is 0. The van der Waals surface area contributed by atoms with Gasteiger partial charge >= 0.3 is 0 Å². The second kappa shape index (κ2) is 10.4. The van der Waals surface area contributed by atoms with E-state index in [1.807, 2.05) is 43.3 Å². The van der Waals surface area contributed by atoms with Crippen molar-refractivity contribution in [3.63, 3.8) is 0 Å². The number of aliphatic hydroxyl groups is 1. The summed E-state index contributed by atoms with van der Waals surface area (Å²) in [5, 5.41) is 8.80. The smallest absolute Gasteiger partial charge is 0.135 e. The van der Waals surface area contributed by atoms with Gasteiger partial charge in [-0.2, -0.15) is 0 Å². The first-order valence-corrected chi connectivity index (χ1v) is 9.07. The molecule has 3 nitrogen and oxygen atoms in total. The molecule has 1 N–H and O–H groups in total. The van der Waals surface area contributed by atoms with Crippen molar-refractivity contribution in [2.24, 2.45) is 5.92 Å². The van der Waals surface area contributed by atoms with E-state index in [0.717, 1.165) is 23.3 Å². The second-order valence-corrected chi connectivity index (χ2v) is 6.43. The molecule has 1 atom stereocenters. The SMILES string of the molecule is CCOc1ccc(C#Cc2ccc(CC(C)CC(=O)CCO)cc2)cc1. The highest BCUT2D eigenvalue weighted by Crippen LogP contribution is 2.14. The van der Waals surface area contributed by atoms with Crippen molar-refractivity contribution in [1.29, 1.82) is 0 Å². The Morgan fingerprint density at radius 1 is 1.04 bits per heavy atom. The lowest BCUT2D eigenvalue weighted by Crippen LogP contribution is -2.09. The zero-order valence-corrected chi connectivity index (χ0v) is 15.5. The van der Waals surface area contributed by atoms with Crippen molar-refractivity contribution >= 4 is 5.78 Å². The van der Waals surface area contributed by atoms with Crippen molar-refractivity contribution in [2.45, 2.75) is 33.1 Å². The largest absolute Gasteiger partial charge is 0.494 e. The lowest BCUT2D eigenvalue weighted by molar-refractivity contribution is -0.120. The number of rotatable bonds is 8. The van der Waals surface area contributed by atoms with E-state index in [0.29, 0.717) is 13.0 Å². The molecule has 0 heterocycles. The minimum Gasteiger partial charge on any atom is -0.494 e. The Morgan fingerprint density at radius 2 is 1.62 bits per heavy atom. The number of benzene rings is 2. The van der Waals surface area contributed by atoms with Gasteiger partial charge in [0.05, 0.1) is 6.61 Å². The van der Waals surface area contributed by atoms with Crippen LogP contribution >= 0.6 is 0 Å². The molecular weight excluding hydrogens is 324 g/mol. The van der Waals surface area contributed by atoms with Crippen LogP contribution in [0.15, 0.2) is 48.5 Å². The Balaban J connectivity index is 1.92. The van der Waals surface area contributed by atoms with Crippen LogP contribution in [0.2, 0.25) is 0 Å². The van der Waals surface area contributed by atoms with E-state index in [9.17, 15) is 4.79 Å². The van der Waals surface area contributed by atoms with Crippen LogP contribution in [0.3, 0.4) is 0 Å². The molecule has 0 amide bonds. The van der Waals surface area contributed by atoms with Crippen molar-refractivity contribution in [3.05, 3.63) is 65.2 Å². The predicted octanol–water partition coefficient (Wildman–Crippen LogP) is 4.01. The number of Topliss-reactive ketones (excluding diaryl/α,β-unsaturated/α-hetero) is 1. The lowest BCUT2D eigenvalue weighted by Gasteiger charge is -2.10. The molecule has 2 rings (SSSR count). The fourth-order valence-electron chi connectivity index (χ4n) is 2.76. The van der Waals surface area contributed by atoms with Crippen molar-refractivity contribution in [2.75, 3.05) is 13.2 Å². The molecule has 2 aromatic rings. The zero-order valence-electron chi connectivity index (χ0n) is 15.5. The fraction of sp³-hybridized carbons (Fsp3) is 0.348. The Morgan fingerprint density at radius 3 is 2.15 bits per heavy atom. The van der Waals surface area contributed by atoms with Gasteiger partial charge in [-0.05, 0) is 61.2 Å². The topological polar surface area (TPSA) is 46.5 Å². The van der Waals surface area contributed by atoms with E-state index in [2.05, 4.69) is 30.9 Å². The highest BCUT2D eigenvalue weighted by molar-refractivity contribution is 5.78. The third kappa shape index (κ3) is 6.74. The van der Waals surface area contributed by atoms with Crippen LogP contribution < -0.4 is 4.74 Å². The molecule has 26 heavy (non-hydrogen) atoms. The summed E-state index contributed by atoms with van der Waals surface area (Å²) in [6.07, 6.45) is 1.62. The molecule has 0 radical (unpaired) electrons. The van der Waals surface area contributed by atoms with E-state index in [4.69, 9.17) is 9.84 Å². The van der Waals surface area contributed by atoms with Gasteiger partial charge in [0.15, 0.2) is 0 Å². The molecule has 136 valence electrons. The number of aliphatic hydroxyl groups excluding tert-OH is 1. The monoisotopic (exact) mass is 350 g/mol. The van der Waals surface area contributed by atoms with Crippen LogP contribution in [0.1, 0.15) is 43.4 Å². The molecule has 0 aliphatic carbocycles. The average Bonchev–Trinajstić information content (AvgIpc) is 2.62. The maximum Gasteiger partial charge on any atom is 0.135 e. The fourth-order valence-corrected chi connectivity index (χ4v) is 2.76. The van der Waals surface area contributed by atoms with Crippen LogP contribution in [0, 0.1) is 17.8 Å². The summed E-state index contributed by atoms with van der Waals surface area (Å²) < 4.78 is 5.42. The van der Waals surface area contributed by atoms with Crippen LogP contribution in [-0.2, 0) is 11.2 Å². The van der Waals surface area contributed by atoms with Gasteiger partial charge in [-0.25, -0.2) is 0 Å². The molecule has 0 spiro atoms. The van der Waals surface area contributed by atoms with Crippen molar-refractivity contribution < 1.29 is 14.6 Å². The molecule has 1 unspecified atom stereocenters. The number of ether oxygens (including phenoxy) is 1. The van der Waals surface area contributed by atoms with Crippen LogP contribution in [-0.4, -0.2) is 24.1 Å². The van der Waals surface area contributed by atoms with E-state index in [1.165, 1.54) is 5.56 Å². The molecule has 0 saturated heterocycles. The first-order valence-electron chi connectivity index (χ1n) is 9.07. The second-order valence-electron chi connectivity index (χ2n) is 6.43. The minimum atomic E-state index is -0.0622. The predicted molar refractivity (Wildman–Crippen MR) is 104 cm³/mol. The van der Waals surface area contributed by atoms with Crippen molar-refractivity contribution in [1.82, 2.24) is 0 Å². The summed E-state index contributed by atoms with van der Waals surface area (Å²) in [5.74, 6) is 7.58. The maximum absolute atomic E-state index is 11.6. The summed E-state index contributed by atoms with van der Waals surface area (Å²) in [6.45, 7) is 4.62. The Bertz CT molecular complexity index is 749. The first-order chi connectivity index (χ1) is 12.6.